The Morgan fingerprint density at radius 3 is 2.59 bits per heavy atom. The zero-order valence-corrected chi connectivity index (χ0v) is 15.9. The molecule has 5 heteroatoms. The number of carbonyl (C=O) groups excluding carboxylic acids is 2. The topological polar surface area (TPSA) is 52.7 Å². The Morgan fingerprint density at radius 2 is 1.78 bits per heavy atom. The van der Waals surface area contributed by atoms with Crippen LogP contribution in [0.25, 0.3) is 0 Å². The van der Waals surface area contributed by atoms with E-state index >= 15 is 0 Å². The van der Waals surface area contributed by atoms with Crippen molar-refractivity contribution in [1.82, 2.24) is 5.32 Å². The van der Waals surface area contributed by atoms with Crippen molar-refractivity contribution in [2.75, 3.05) is 36.5 Å². The maximum absolute atomic E-state index is 12.4. The molecule has 1 N–H and O–H groups in total. The third-order valence-electron chi connectivity index (χ3n) is 4.94. The number of hydrogen-bond acceptors (Lipinski definition) is 3. The first-order valence-corrected chi connectivity index (χ1v) is 9.56. The molecule has 1 heterocycles. The fraction of sp³-hybridized carbons (Fsp3) is 0.364. The molecule has 1 aliphatic rings. The first-order valence-electron chi connectivity index (χ1n) is 9.56. The van der Waals surface area contributed by atoms with Crippen LogP contribution in [0.5, 0.6) is 0 Å². The van der Waals surface area contributed by atoms with Gasteiger partial charge in [-0.1, -0.05) is 36.4 Å². The van der Waals surface area contributed by atoms with Gasteiger partial charge in [0.1, 0.15) is 0 Å². The van der Waals surface area contributed by atoms with Crippen LogP contribution in [0.15, 0.2) is 54.6 Å². The number of rotatable bonds is 8. The Kier molecular flexibility index (Phi) is 6.47. The van der Waals surface area contributed by atoms with Gasteiger partial charge in [-0.3, -0.25) is 9.59 Å². The van der Waals surface area contributed by atoms with Crippen molar-refractivity contribution < 1.29 is 9.59 Å². The van der Waals surface area contributed by atoms with Crippen molar-refractivity contribution >= 4 is 23.2 Å². The number of nitrogens with zero attached hydrogens (tertiary/aromatic N) is 2. The van der Waals surface area contributed by atoms with E-state index < -0.39 is 0 Å². The summed E-state index contributed by atoms with van der Waals surface area (Å²) < 4.78 is 0. The largest absolute Gasteiger partial charge is 0.375 e. The first-order chi connectivity index (χ1) is 13.1. The monoisotopic (exact) mass is 365 g/mol. The lowest BCUT2D eigenvalue weighted by Crippen LogP contribution is -2.32. The Balaban J connectivity index is 1.34. The summed E-state index contributed by atoms with van der Waals surface area (Å²) in [7, 11) is 2.05. The molecule has 0 spiro atoms. The minimum Gasteiger partial charge on any atom is -0.375 e. The molecule has 0 radical (unpaired) electrons. The average Bonchev–Trinajstić information content (AvgIpc) is 3.14. The third-order valence-corrected chi connectivity index (χ3v) is 4.94. The van der Waals surface area contributed by atoms with Gasteiger partial charge >= 0.3 is 0 Å². The lowest BCUT2D eigenvalue weighted by molar-refractivity contribution is -0.125. The number of para-hydroxylation sites is 2. The summed E-state index contributed by atoms with van der Waals surface area (Å²) in [4.78, 5) is 28.4. The lowest BCUT2D eigenvalue weighted by Gasteiger charge is -2.19. The Bertz CT molecular complexity index is 776. The van der Waals surface area contributed by atoms with Crippen LogP contribution in [0.2, 0.25) is 0 Å². The summed E-state index contributed by atoms with van der Waals surface area (Å²) in [5.74, 6) is -0.0305. The van der Waals surface area contributed by atoms with E-state index in [1.807, 2.05) is 43.4 Å². The smallest absolute Gasteiger partial charge is 0.227 e. The van der Waals surface area contributed by atoms with E-state index in [4.69, 9.17) is 0 Å². The molecule has 0 aliphatic carbocycles. The highest BCUT2D eigenvalue weighted by atomic mass is 16.2. The predicted molar refractivity (Wildman–Crippen MR) is 109 cm³/mol. The molecule has 0 bridgehead atoms. The molecular formula is C22H27N3O2. The van der Waals surface area contributed by atoms with Gasteiger partial charge in [0.25, 0.3) is 0 Å². The van der Waals surface area contributed by atoms with Gasteiger partial charge in [0.05, 0.1) is 0 Å². The molecule has 0 saturated heterocycles. The number of amides is 2. The average molecular weight is 365 g/mol. The quantitative estimate of drug-likeness (QED) is 0.732. The molecule has 1 aliphatic heterocycles. The fourth-order valence-electron chi connectivity index (χ4n) is 3.40. The van der Waals surface area contributed by atoms with Gasteiger partial charge in [0, 0.05) is 50.9 Å². The highest BCUT2D eigenvalue weighted by molar-refractivity contribution is 5.97. The van der Waals surface area contributed by atoms with Gasteiger partial charge < -0.3 is 15.1 Å². The standard InChI is InChI=1S/C22H27N3O2/c1-24(19-9-3-2-4-10-19)16-7-15-23-21(26)12-13-22(27)25-17-14-18-8-5-6-11-20(18)25/h2-6,8-11H,7,12-17H2,1H3,(H,23,26). The maximum atomic E-state index is 12.4. The highest BCUT2D eigenvalue weighted by Crippen LogP contribution is 2.28. The third kappa shape index (κ3) is 5.09. The Morgan fingerprint density at radius 1 is 1.04 bits per heavy atom. The van der Waals surface area contributed by atoms with Crippen LogP contribution < -0.4 is 15.1 Å². The lowest BCUT2D eigenvalue weighted by atomic mass is 10.2. The van der Waals surface area contributed by atoms with E-state index in [0.717, 1.165) is 25.1 Å². The summed E-state index contributed by atoms with van der Waals surface area (Å²) >= 11 is 0. The van der Waals surface area contributed by atoms with Gasteiger partial charge in [0.15, 0.2) is 0 Å². The highest BCUT2D eigenvalue weighted by Gasteiger charge is 2.24. The number of hydrogen-bond donors (Lipinski definition) is 1. The molecule has 0 aromatic heterocycles. The summed E-state index contributed by atoms with van der Waals surface area (Å²) in [6, 6.07) is 18.2. The van der Waals surface area contributed by atoms with Crippen LogP contribution in [0, 0.1) is 0 Å². The second-order valence-electron chi connectivity index (χ2n) is 6.88. The molecule has 0 saturated carbocycles. The van der Waals surface area contributed by atoms with Crippen LogP contribution in [-0.2, 0) is 16.0 Å². The molecule has 27 heavy (non-hydrogen) atoms. The molecule has 2 amide bonds. The molecule has 3 rings (SSSR count). The number of nitrogens with one attached hydrogen (secondary N) is 1. The summed E-state index contributed by atoms with van der Waals surface area (Å²) in [5, 5.41) is 2.92. The summed E-state index contributed by atoms with van der Waals surface area (Å²) in [6.07, 6.45) is 2.25. The fourth-order valence-corrected chi connectivity index (χ4v) is 3.40. The van der Waals surface area contributed by atoms with Gasteiger partial charge in [-0.25, -0.2) is 0 Å². The molecule has 142 valence electrons. The van der Waals surface area contributed by atoms with Gasteiger partial charge in [0.2, 0.25) is 11.8 Å². The molecule has 0 unspecified atom stereocenters. The van der Waals surface area contributed by atoms with Crippen molar-refractivity contribution in [3.8, 4) is 0 Å². The molecule has 2 aromatic carbocycles. The minimum absolute atomic E-state index is 0.0268. The van der Waals surface area contributed by atoms with Crippen molar-refractivity contribution in [1.29, 1.82) is 0 Å². The second kappa shape index (κ2) is 9.21. The van der Waals surface area contributed by atoms with E-state index in [9.17, 15) is 9.59 Å². The van der Waals surface area contributed by atoms with Crippen LogP contribution >= 0.6 is 0 Å². The van der Waals surface area contributed by atoms with Crippen molar-refractivity contribution in [2.24, 2.45) is 0 Å². The van der Waals surface area contributed by atoms with Crippen molar-refractivity contribution in [3.05, 3.63) is 60.2 Å². The molecule has 5 nitrogen and oxygen atoms in total. The Labute approximate surface area is 161 Å². The Hall–Kier alpha value is -2.82. The molecule has 0 fully saturated rings. The SMILES string of the molecule is CN(CCCNC(=O)CCC(=O)N1CCc2ccccc21)c1ccccc1. The normalized spacial score (nSPS) is 12.6. The van der Waals surface area contributed by atoms with Crippen molar-refractivity contribution in [3.63, 3.8) is 0 Å². The van der Waals surface area contributed by atoms with Gasteiger partial charge in [-0.15, -0.1) is 0 Å². The minimum atomic E-state index is -0.0572. The summed E-state index contributed by atoms with van der Waals surface area (Å²) in [5.41, 5.74) is 3.37. The zero-order chi connectivity index (χ0) is 19.1. The van der Waals surface area contributed by atoms with Gasteiger partial charge in [-0.05, 0) is 36.6 Å². The second-order valence-corrected chi connectivity index (χ2v) is 6.88. The molecular weight excluding hydrogens is 338 g/mol. The van der Waals surface area contributed by atoms with Gasteiger partial charge in [-0.2, -0.15) is 0 Å². The van der Waals surface area contributed by atoms with E-state index in [-0.39, 0.29) is 24.7 Å². The van der Waals surface area contributed by atoms with E-state index in [1.165, 1.54) is 11.3 Å². The first kappa shape index (κ1) is 19.0. The number of anilines is 2. The maximum Gasteiger partial charge on any atom is 0.227 e. The van der Waals surface area contributed by atoms with E-state index in [0.29, 0.717) is 13.1 Å². The number of carbonyl (C=O) groups is 2. The van der Waals surface area contributed by atoms with Crippen LogP contribution in [-0.4, -0.2) is 38.5 Å². The van der Waals surface area contributed by atoms with Crippen LogP contribution in [0.3, 0.4) is 0 Å². The number of benzene rings is 2. The van der Waals surface area contributed by atoms with E-state index in [2.05, 4.69) is 28.4 Å². The molecule has 0 atom stereocenters. The summed E-state index contributed by atoms with van der Waals surface area (Å²) in [6.45, 7) is 2.20. The van der Waals surface area contributed by atoms with Crippen LogP contribution in [0.1, 0.15) is 24.8 Å². The molecule has 2 aromatic rings. The van der Waals surface area contributed by atoms with Crippen LogP contribution in [0.4, 0.5) is 11.4 Å². The predicted octanol–water partition coefficient (Wildman–Crippen LogP) is 3.00. The van der Waals surface area contributed by atoms with Crippen molar-refractivity contribution in [2.45, 2.75) is 25.7 Å². The zero-order valence-electron chi connectivity index (χ0n) is 15.9. The van der Waals surface area contributed by atoms with E-state index in [1.54, 1.807) is 4.90 Å². The number of fused-ring (bicyclic) bond motifs is 1.